The summed E-state index contributed by atoms with van der Waals surface area (Å²) in [5.74, 6) is -0.336. The predicted molar refractivity (Wildman–Crippen MR) is 109 cm³/mol. The Morgan fingerprint density at radius 1 is 1.21 bits per heavy atom. The lowest BCUT2D eigenvalue weighted by molar-refractivity contribution is 0.0892. The molecule has 1 saturated heterocycles. The van der Waals surface area contributed by atoms with Gasteiger partial charge in [0, 0.05) is 36.1 Å². The van der Waals surface area contributed by atoms with Crippen LogP contribution in [-0.2, 0) is 21.3 Å². The summed E-state index contributed by atoms with van der Waals surface area (Å²) < 4.78 is 32.3. The molecule has 2 aromatic rings. The van der Waals surface area contributed by atoms with Crippen LogP contribution in [-0.4, -0.2) is 51.6 Å². The molecule has 2 amide bonds. The van der Waals surface area contributed by atoms with Crippen LogP contribution in [0.5, 0.6) is 0 Å². The van der Waals surface area contributed by atoms with Crippen LogP contribution in [0.25, 0.3) is 0 Å². The van der Waals surface area contributed by atoms with Crippen LogP contribution >= 0.6 is 11.3 Å². The van der Waals surface area contributed by atoms with Crippen molar-refractivity contribution in [1.82, 2.24) is 14.9 Å². The fourth-order valence-corrected chi connectivity index (χ4v) is 4.86. The number of hydrogen-bond donors (Lipinski definition) is 2. The maximum Gasteiger partial charge on any atom is 0.409 e. The molecule has 1 aromatic carbocycles. The minimum atomic E-state index is -3.73. The van der Waals surface area contributed by atoms with Gasteiger partial charge >= 0.3 is 6.09 Å². The van der Waals surface area contributed by atoms with Gasteiger partial charge in [-0.3, -0.25) is 4.79 Å². The van der Waals surface area contributed by atoms with Crippen LogP contribution in [0.4, 0.5) is 4.79 Å². The summed E-state index contributed by atoms with van der Waals surface area (Å²) in [4.78, 5) is 26.6. The average molecular weight is 438 g/mol. The second-order valence-electron chi connectivity index (χ2n) is 6.64. The second kappa shape index (κ2) is 9.38. The quantitative estimate of drug-likeness (QED) is 0.721. The molecular formula is C19H23N3O5S2. The molecule has 2 heterocycles. The van der Waals surface area contributed by atoms with Crippen molar-refractivity contribution < 1.29 is 22.7 Å². The fourth-order valence-electron chi connectivity index (χ4n) is 3.07. The van der Waals surface area contributed by atoms with E-state index in [-0.39, 0.29) is 35.0 Å². The molecule has 1 aromatic heterocycles. The molecule has 1 fully saturated rings. The van der Waals surface area contributed by atoms with Crippen LogP contribution in [0.3, 0.4) is 0 Å². The molecule has 0 spiro atoms. The van der Waals surface area contributed by atoms with Crippen LogP contribution in [0.15, 0.2) is 46.7 Å². The smallest absolute Gasteiger partial charge is 0.409 e. The van der Waals surface area contributed by atoms with Crippen LogP contribution in [0.2, 0.25) is 0 Å². The van der Waals surface area contributed by atoms with Crippen molar-refractivity contribution in [2.75, 3.05) is 20.2 Å². The summed E-state index contributed by atoms with van der Waals surface area (Å²) >= 11 is 1.47. The number of carbonyl (C=O) groups is 2. The maximum atomic E-state index is 12.6. The topological polar surface area (TPSA) is 105 Å². The molecule has 10 heteroatoms. The molecule has 0 radical (unpaired) electrons. The highest BCUT2D eigenvalue weighted by Gasteiger charge is 2.25. The number of piperidine rings is 1. The van der Waals surface area contributed by atoms with Gasteiger partial charge in [0.15, 0.2) is 0 Å². The Balaban J connectivity index is 1.60. The third kappa shape index (κ3) is 5.55. The molecule has 0 bridgehead atoms. The molecule has 0 unspecified atom stereocenters. The first kappa shape index (κ1) is 21.3. The van der Waals surface area contributed by atoms with E-state index >= 15 is 0 Å². The minimum Gasteiger partial charge on any atom is -0.453 e. The molecule has 0 aliphatic carbocycles. The van der Waals surface area contributed by atoms with E-state index in [4.69, 9.17) is 4.74 Å². The minimum absolute atomic E-state index is 0.0437. The molecule has 0 atom stereocenters. The molecule has 156 valence electrons. The summed E-state index contributed by atoms with van der Waals surface area (Å²) in [7, 11) is -2.39. The number of nitrogens with one attached hydrogen (secondary N) is 2. The molecule has 8 nitrogen and oxygen atoms in total. The zero-order valence-corrected chi connectivity index (χ0v) is 17.6. The highest BCUT2D eigenvalue weighted by Crippen LogP contribution is 2.16. The van der Waals surface area contributed by atoms with Crippen molar-refractivity contribution in [3.8, 4) is 0 Å². The van der Waals surface area contributed by atoms with Crippen LogP contribution < -0.4 is 10.0 Å². The first-order valence-corrected chi connectivity index (χ1v) is 11.5. The molecular weight excluding hydrogens is 414 g/mol. The van der Waals surface area contributed by atoms with Gasteiger partial charge in [-0.05, 0) is 42.5 Å². The number of carbonyl (C=O) groups excluding carboxylic acids is 2. The van der Waals surface area contributed by atoms with E-state index in [0.717, 1.165) is 4.88 Å². The lowest BCUT2D eigenvalue weighted by atomic mass is 10.0. The maximum absolute atomic E-state index is 12.6. The van der Waals surface area contributed by atoms with Gasteiger partial charge in [0.2, 0.25) is 10.0 Å². The standard InChI is InChI=1S/C19H23N3O5S2/c1-27-19(24)22-9-7-15(8-10-22)21-18(23)14-4-2-6-17(12-14)29(25,26)20-13-16-5-3-11-28-16/h2-6,11-12,15,20H,7-10,13H2,1H3,(H,21,23). The monoisotopic (exact) mass is 437 g/mol. The summed E-state index contributed by atoms with van der Waals surface area (Å²) in [5, 5.41) is 4.79. The normalized spacial score (nSPS) is 15.1. The third-order valence-electron chi connectivity index (χ3n) is 4.69. The first-order chi connectivity index (χ1) is 13.9. The Bertz CT molecular complexity index is 952. The largest absolute Gasteiger partial charge is 0.453 e. The number of ether oxygens (including phenoxy) is 1. The van der Waals surface area contributed by atoms with Gasteiger partial charge in [0.1, 0.15) is 0 Å². The Morgan fingerprint density at radius 3 is 2.62 bits per heavy atom. The summed E-state index contributed by atoms with van der Waals surface area (Å²) in [6.45, 7) is 1.20. The van der Waals surface area contributed by atoms with Crippen LogP contribution in [0, 0.1) is 0 Å². The number of methoxy groups -OCH3 is 1. The first-order valence-electron chi connectivity index (χ1n) is 9.15. The lowest BCUT2D eigenvalue weighted by Gasteiger charge is -2.31. The van der Waals surface area contributed by atoms with Gasteiger partial charge in [0.05, 0.1) is 12.0 Å². The van der Waals surface area contributed by atoms with E-state index < -0.39 is 10.0 Å². The van der Waals surface area contributed by atoms with E-state index in [9.17, 15) is 18.0 Å². The number of likely N-dealkylation sites (tertiary alicyclic amines) is 1. The van der Waals surface area contributed by atoms with E-state index in [0.29, 0.717) is 25.9 Å². The van der Waals surface area contributed by atoms with Crippen LogP contribution in [0.1, 0.15) is 28.1 Å². The Morgan fingerprint density at radius 2 is 1.97 bits per heavy atom. The number of benzene rings is 1. The molecule has 3 rings (SSSR count). The number of rotatable bonds is 6. The van der Waals surface area contributed by atoms with Crippen molar-refractivity contribution in [2.45, 2.75) is 30.3 Å². The summed E-state index contributed by atoms with van der Waals surface area (Å²) in [5.41, 5.74) is 0.277. The summed E-state index contributed by atoms with van der Waals surface area (Å²) in [6.07, 6.45) is 0.852. The van der Waals surface area contributed by atoms with Crippen molar-refractivity contribution in [3.05, 3.63) is 52.2 Å². The lowest BCUT2D eigenvalue weighted by Crippen LogP contribution is -2.46. The van der Waals surface area contributed by atoms with Crippen molar-refractivity contribution in [3.63, 3.8) is 0 Å². The number of thiophene rings is 1. The van der Waals surface area contributed by atoms with E-state index in [1.165, 1.54) is 30.6 Å². The Labute approximate surface area is 173 Å². The summed E-state index contributed by atoms with van der Waals surface area (Å²) in [6, 6.07) is 9.59. The molecule has 1 aliphatic heterocycles. The van der Waals surface area contributed by atoms with E-state index in [1.807, 2.05) is 17.5 Å². The van der Waals surface area contributed by atoms with Gasteiger partial charge in [-0.1, -0.05) is 12.1 Å². The molecule has 0 saturated carbocycles. The number of amides is 2. The van der Waals surface area contributed by atoms with Crippen molar-refractivity contribution in [1.29, 1.82) is 0 Å². The van der Waals surface area contributed by atoms with Gasteiger partial charge in [-0.2, -0.15) is 0 Å². The van der Waals surface area contributed by atoms with E-state index in [2.05, 4.69) is 10.0 Å². The molecule has 2 N–H and O–H groups in total. The Hall–Kier alpha value is -2.43. The number of hydrogen-bond acceptors (Lipinski definition) is 6. The highest BCUT2D eigenvalue weighted by atomic mass is 32.2. The average Bonchev–Trinajstić information content (AvgIpc) is 3.26. The molecule has 29 heavy (non-hydrogen) atoms. The third-order valence-corrected chi connectivity index (χ3v) is 6.96. The second-order valence-corrected chi connectivity index (χ2v) is 9.44. The predicted octanol–water partition coefficient (Wildman–Crippen LogP) is 2.19. The SMILES string of the molecule is COC(=O)N1CCC(NC(=O)c2cccc(S(=O)(=O)NCc3cccs3)c2)CC1. The van der Waals surface area contributed by atoms with Gasteiger partial charge in [-0.15, -0.1) is 11.3 Å². The van der Waals surface area contributed by atoms with Crippen molar-refractivity contribution >= 4 is 33.4 Å². The zero-order chi connectivity index (χ0) is 20.9. The van der Waals surface area contributed by atoms with Gasteiger partial charge in [0.25, 0.3) is 5.91 Å². The Kier molecular flexibility index (Phi) is 6.88. The number of sulfonamides is 1. The highest BCUT2D eigenvalue weighted by molar-refractivity contribution is 7.89. The van der Waals surface area contributed by atoms with Gasteiger partial charge < -0.3 is 15.0 Å². The van der Waals surface area contributed by atoms with Crippen molar-refractivity contribution in [2.24, 2.45) is 0 Å². The molecule has 1 aliphatic rings. The van der Waals surface area contributed by atoms with E-state index in [1.54, 1.807) is 17.0 Å². The zero-order valence-electron chi connectivity index (χ0n) is 16.0. The van der Waals surface area contributed by atoms with Gasteiger partial charge in [-0.25, -0.2) is 17.9 Å². The number of nitrogens with zero attached hydrogens (tertiary/aromatic N) is 1. The fraction of sp³-hybridized carbons (Fsp3) is 0.368.